The van der Waals surface area contributed by atoms with Gasteiger partial charge in [-0.3, -0.25) is 0 Å². The Morgan fingerprint density at radius 3 is 1.96 bits per heavy atom. The van der Waals surface area contributed by atoms with Gasteiger partial charge in [0, 0.05) is 52.7 Å². The Morgan fingerprint density at radius 1 is 0.893 bits per heavy atom. The zero-order chi connectivity index (χ0) is 21.0. The molecule has 146 valence electrons. The number of allylic oxidation sites excluding steroid dienone is 3. The SMILES string of the molecule is C=Cc1c(/C=C(\C)n2c(C=N)c(C=C)c(C)c2/C=C\C)c(C)n(C)c1/C=C\C. The zero-order valence-corrected chi connectivity index (χ0v) is 17.9. The summed E-state index contributed by atoms with van der Waals surface area (Å²) in [7, 11) is 2.08. The van der Waals surface area contributed by atoms with Gasteiger partial charge in [-0.25, -0.2) is 0 Å². The molecular formula is C25H31N3. The van der Waals surface area contributed by atoms with Crippen molar-refractivity contribution in [1.82, 2.24) is 9.13 Å². The first-order chi connectivity index (χ1) is 13.4. The van der Waals surface area contributed by atoms with E-state index >= 15 is 0 Å². The molecule has 0 fully saturated rings. The maximum Gasteiger partial charge on any atom is 0.0709 e. The third kappa shape index (κ3) is 3.40. The van der Waals surface area contributed by atoms with Gasteiger partial charge in [0.1, 0.15) is 0 Å². The van der Waals surface area contributed by atoms with E-state index in [-0.39, 0.29) is 0 Å². The lowest BCUT2D eigenvalue weighted by atomic mass is 10.1. The molecule has 0 radical (unpaired) electrons. The molecule has 0 saturated carbocycles. The van der Waals surface area contributed by atoms with E-state index < -0.39 is 0 Å². The van der Waals surface area contributed by atoms with Crippen LogP contribution in [0.2, 0.25) is 0 Å². The molecule has 0 aliphatic carbocycles. The Hall–Kier alpha value is -3.07. The Balaban J connectivity index is 2.85. The summed E-state index contributed by atoms with van der Waals surface area (Å²) >= 11 is 0. The second-order valence-electron chi connectivity index (χ2n) is 6.84. The molecule has 2 heterocycles. The van der Waals surface area contributed by atoms with Gasteiger partial charge < -0.3 is 14.5 Å². The van der Waals surface area contributed by atoms with Crippen molar-refractivity contribution in [3.63, 3.8) is 0 Å². The lowest BCUT2D eigenvalue weighted by molar-refractivity contribution is 0.869. The summed E-state index contributed by atoms with van der Waals surface area (Å²) in [6.07, 6.45) is 15.6. The summed E-state index contributed by atoms with van der Waals surface area (Å²) in [5.74, 6) is 0. The number of rotatable bonds is 7. The van der Waals surface area contributed by atoms with Crippen LogP contribution in [0, 0.1) is 19.3 Å². The third-order valence-electron chi connectivity index (χ3n) is 5.27. The normalized spacial score (nSPS) is 12.3. The molecule has 3 nitrogen and oxygen atoms in total. The average Bonchev–Trinajstić information content (AvgIpc) is 3.08. The van der Waals surface area contributed by atoms with Crippen molar-refractivity contribution in [2.75, 3.05) is 0 Å². The van der Waals surface area contributed by atoms with E-state index in [9.17, 15) is 0 Å². The Morgan fingerprint density at radius 2 is 1.46 bits per heavy atom. The van der Waals surface area contributed by atoms with Crippen LogP contribution in [0.1, 0.15) is 65.8 Å². The molecular weight excluding hydrogens is 342 g/mol. The van der Waals surface area contributed by atoms with Gasteiger partial charge in [-0.15, -0.1) is 0 Å². The minimum absolute atomic E-state index is 0.844. The van der Waals surface area contributed by atoms with E-state index in [4.69, 9.17) is 5.41 Å². The van der Waals surface area contributed by atoms with E-state index in [1.807, 2.05) is 38.2 Å². The summed E-state index contributed by atoms with van der Waals surface area (Å²) in [5, 5.41) is 7.98. The molecule has 2 rings (SSSR count). The van der Waals surface area contributed by atoms with E-state index in [1.54, 1.807) is 0 Å². The topological polar surface area (TPSA) is 33.7 Å². The second-order valence-corrected chi connectivity index (χ2v) is 6.84. The first kappa shape index (κ1) is 21.2. The zero-order valence-electron chi connectivity index (χ0n) is 17.9. The molecule has 0 aromatic carbocycles. The summed E-state index contributed by atoms with van der Waals surface area (Å²) < 4.78 is 4.32. The van der Waals surface area contributed by atoms with Crippen LogP contribution in [0.4, 0.5) is 0 Å². The van der Waals surface area contributed by atoms with Gasteiger partial charge in [0.15, 0.2) is 0 Å². The van der Waals surface area contributed by atoms with Crippen molar-refractivity contribution < 1.29 is 0 Å². The quantitative estimate of drug-likeness (QED) is 0.517. The highest BCUT2D eigenvalue weighted by atomic mass is 15.0. The molecule has 0 amide bonds. The molecule has 3 heteroatoms. The predicted octanol–water partition coefficient (Wildman–Crippen LogP) is 6.81. The fourth-order valence-corrected chi connectivity index (χ4v) is 3.79. The van der Waals surface area contributed by atoms with Crippen molar-refractivity contribution in [3.05, 3.63) is 70.3 Å². The summed E-state index contributed by atoms with van der Waals surface area (Å²) in [5.41, 5.74) is 9.69. The molecule has 28 heavy (non-hydrogen) atoms. The average molecular weight is 374 g/mol. The molecule has 2 aromatic rings. The monoisotopic (exact) mass is 373 g/mol. The van der Waals surface area contributed by atoms with Gasteiger partial charge in [0.25, 0.3) is 0 Å². The first-order valence-corrected chi connectivity index (χ1v) is 9.51. The van der Waals surface area contributed by atoms with Crippen LogP contribution in [-0.4, -0.2) is 15.3 Å². The van der Waals surface area contributed by atoms with Gasteiger partial charge in [-0.1, -0.05) is 37.5 Å². The van der Waals surface area contributed by atoms with Crippen LogP contribution < -0.4 is 0 Å². The van der Waals surface area contributed by atoms with Crippen molar-refractivity contribution in [2.24, 2.45) is 7.05 Å². The van der Waals surface area contributed by atoms with Crippen molar-refractivity contribution in [2.45, 2.75) is 34.6 Å². The lowest BCUT2D eigenvalue weighted by Gasteiger charge is -2.11. The van der Waals surface area contributed by atoms with E-state index in [0.717, 1.165) is 45.0 Å². The standard InChI is InChI=1S/C25H31N3/c1-9-13-23-18(6)20(11-3)25(16-26)28(23)17(5)15-22-19(7)27(8)24(14-10-2)21(22)12-4/h9-16,26H,3-4H2,1-2,5-8H3/b13-9-,14-10-,17-15+,26-16?. The van der Waals surface area contributed by atoms with E-state index in [1.165, 1.54) is 11.9 Å². The smallest absolute Gasteiger partial charge is 0.0709 e. The van der Waals surface area contributed by atoms with Gasteiger partial charge >= 0.3 is 0 Å². The highest BCUT2D eigenvalue weighted by Gasteiger charge is 2.18. The highest BCUT2D eigenvalue weighted by molar-refractivity contribution is 5.90. The number of hydrogen-bond donors (Lipinski definition) is 1. The number of hydrogen-bond acceptors (Lipinski definition) is 1. The van der Waals surface area contributed by atoms with Crippen LogP contribution in [-0.2, 0) is 7.05 Å². The fraction of sp³-hybridized carbons (Fsp3) is 0.240. The van der Waals surface area contributed by atoms with Gasteiger partial charge in [-0.05, 0) is 58.4 Å². The van der Waals surface area contributed by atoms with Crippen LogP contribution in [0.25, 0.3) is 36.1 Å². The number of aromatic nitrogens is 2. The van der Waals surface area contributed by atoms with Crippen LogP contribution in [0.5, 0.6) is 0 Å². The van der Waals surface area contributed by atoms with E-state index in [0.29, 0.717) is 0 Å². The molecule has 0 saturated heterocycles. The number of nitrogens with zero attached hydrogens (tertiary/aromatic N) is 2. The molecule has 1 N–H and O–H groups in total. The summed E-state index contributed by atoms with van der Waals surface area (Å²) in [6.45, 7) is 18.3. The van der Waals surface area contributed by atoms with E-state index in [2.05, 4.69) is 68.3 Å². The maximum absolute atomic E-state index is 7.98. The summed E-state index contributed by atoms with van der Waals surface area (Å²) in [4.78, 5) is 0. The Labute approximate surface area is 169 Å². The number of nitrogens with one attached hydrogen (secondary N) is 1. The Bertz CT molecular complexity index is 1020. The largest absolute Gasteiger partial charge is 0.347 e. The van der Waals surface area contributed by atoms with Crippen LogP contribution >= 0.6 is 0 Å². The van der Waals surface area contributed by atoms with Crippen molar-refractivity contribution in [1.29, 1.82) is 5.41 Å². The van der Waals surface area contributed by atoms with Crippen LogP contribution in [0.15, 0.2) is 25.3 Å². The van der Waals surface area contributed by atoms with Crippen molar-refractivity contribution in [3.8, 4) is 0 Å². The Kier molecular flexibility index (Phi) is 6.63. The lowest BCUT2D eigenvalue weighted by Crippen LogP contribution is -2.02. The maximum atomic E-state index is 7.98. The van der Waals surface area contributed by atoms with Crippen LogP contribution in [0.3, 0.4) is 0 Å². The fourth-order valence-electron chi connectivity index (χ4n) is 3.79. The third-order valence-corrected chi connectivity index (χ3v) is 5.27. The molecule has 0 spiro atoms. The first-order valence-electron chi connectivity index (χ1n) is 9.51. The molecule has 0 unspecified atom stereocenters. The minimum Gasteiger partial charge on any atom is -0.347 e. The minimum atomic E-state index is 0.844. The summed E-state index contributed by atoms with van der Waals surface area (Å²) in [6, 6.07) is 0. The van der Waals surface area contributed by atoms with Gasteiger partial charge in [-0.2, -0.15) is 0 Å². The van der Waals surface area contributed by atoms with Crippen molar-refractivity contribution >= 4 is 42.3 Å². The molecule has 0 bridgehead atoms. The molecule has 2 aromatic heterocycles. The second kappa shape index (κ2) is 8.75. The predicted molar refractivity (Wildman–Crippen MR) is 127 cm³/mol. The van der Waals surface area contributed by atoms with Gasteiger partial charge in [0.05, 0.1) is 5.69 Å². The van der Waals surface area contributed by atoms with Gasteiger partial charge in [0.2, 0.25) is 0 Å². The molecule has 0 atom stereocenters. The molecule has 0 aliphatic heterocycles. The highest BCUT2D eigenvalue weighted by Crippen LogP contribution is 2.31. The molecule has 0 aliphatic rings.